The number of hydrogen-bond donors (Lipinski definition) is 1. The van der Waals surface area contributed by atoms with E-state index in [-0.39, 0.29) is 30.9 Å². The Morgan fingerprint density at radius 3 is 2.84 bits per heavy atom. The molecule has 1 saturated heterocycles. The molecule has 0 bridgehead atoms. The van der Waals surface area contributed by atoms with E-state index in [1.54, 1.807) is 16.7 Å². The fourth-order valence-electron chi connectivity index (χ4n) is 3.73. The molecule has 1 amide bonds. The number of nitrogens with zero attached hydrogens (tertiary/aromatic N) is 5. The summed E-state index contributed by atoms with van der Waals surface area (Å²) in [5.74, 6) is 0.513. The Morgan fingerprint density at radius 1 is 1.38 bits per heavy atom. The Morgan fingerprint density at radius 2 is 2.16 bits per heavy atom. The number of aliphatic hydroxyl groups is 1. The Bertz CT molecular complexity index is 1050. The van der Waals surface area contributed by atoms with Crippen molar-refractivity contribution in [1.82, 2.24) is 25.1 Å². The van der Waals surface area contributed by atoms with Crippen molar-refractivity contribution in [2.45, 2.75) is 18.3 Å². The molecule has 10 nitrogen and oxygen atoms in total. The molecule has 1 fully saturated rings. The van der Waals surface area contributed by atoms with Gasteiger partial charge in [0.1, 0.15) is 12.4 Å². The first-order valence-electron chi connectivity index (χ1n) is 10.0. The molecule has 3 heterocycles. The summed E-state index contributed by atoms with van der Waals surface area (Å²) in [6.07, 6.45) is 1.48. The number of thioether (sulfide) groups is 1. The number of tetrazole rings is 1. The van der Waals surface area contributed by atoms with E-state index in [1.165, 1.54) is 17.8 Å². The third-order valence-electron chi connectivity index (χ3n) is 5.33. The van der Waals surface area contributed by atoms with Crippen molar-refractivity contribution >= 4 is 29.3 Å². The van der Waals surface area contributed by atoms with Gasteiger partial charge < -0.3 is 14.6 Å². The molecule has 2 aliphatic rings. The molecule has 32 heavy (non-hydrogen) atoms. The van der Waals surface area contributed by atoms with Gasteiger partial charge in [-0.15, -0.1) is 16.9 Å². The van der Waals surface area contributed by atoms with Crippen LogP contribution < -0.4 is 4.74 Å². The van der Waals surface area contributed by atoms with Crippen LogP contribution in [0.5, 0.6) is 5.75 Å². The van der Waals surface area contributed by atoms with E-state index in [0.717, 1.165) is 11.3 Å². The number of aromatic nitrogens is 4. The molecule has 2 aromatic rings. The number of amides is 1. The van der Waals surface area contributed by atoms with E-state index in [9.17, 15) is 14.7 Å². The number of carbonyl (C=O) groups excluding carboxylic acids is 2. The Kier molecular flexibility index (Phi) is 6.56. The minimum absolute atomic E-state index is 0.000628. The van der Waals surface area contributed by atoms with Gasteiger partial charge in [0.05, 0.1) is 43.7 Å². The summed E-state index contributed by atoms with van der Waals surface area (Å²) in [7, 11) is 1.60. The van der Waals surface area contributed by atoms with Crippen molar-refractivity contribution in [2.24, 2.45) is 5.92 Å². The van der Waals surface area contributed by atoms with Crippen LogP contribution in [0, 0.1) is 5.92 Å². The van der Waals surface area contributed by atoms with Crippen LogP contribution in [0.4, 0.5) is 0 Å². The van der Waals surface area contributed by atoms with Gasteiger partial charge in [0, 0.05) is 5.75 Å². The maximum Gasteiger partial charge on any atom is 0.307 e. The molecule has 0 aliphatic carbocycles. The fourth-order valence-corrected chi connectivity index (χ4v) is 5.13. The maximum atomic E-state index is 13.0. The van der Waals surface area contributed by atoms with Crippen LogP contribution in [-0.2, 0) is 20.9 Å². The number of esters is 1. The number of β-lactam (4-membered cyclic amide) rings is 1. The van der Waals surface area contributed by atoms with Gasteiger partial charge in [-0.2, -0.15) is 0 Å². The SMILES string of the molecule is C=CCOC(=O)C[C@@H]1C(=O)N2C(c3nnnn3Cc3ccc(OC)cc3)=C(CO)CS[C@H]12. The lowest BCUT2D eigenvalue weighted by Gasteiger charge is -2.50. The van der Waals surface area contributed by atoms with Crippen molar-refractivity contribution in [1.29, 1.82) is 0 Å². The number of benzene rings is 1. The molecule has 0 spiro atoms. The lowest BCUT2D eigenvalue weighted by Crippen LogP contribution is -2.60. The zero-order valence-electron chi connectivity index (χ0n) is 17.5. The van der Waals surface area contributed by atoms with Crippen molar-refractivity contribution in [3.63, 3.8) is 0 Å². The van der Waals surface area contributed by atoms with Gasteiger partial charge in [0.25, 0.3) is 0 Å². The zero-order valence-corrected chi connectivity index (χ0v) is 18.3. The van der Waals surface area contributed by atoms with Crippen molar-refractivity contribution < 1.29 is 24.2 Å². The minimum atomic E-state index is -0.488. The van der Waals surface area contributed by atoms with Crippen LogP contribution in [0.15, 0.2) is 42.5 Å². The second kappa shape index (κ2) is 9.53. The molecule has 2 atom stereocenters. The van der Waals surface area contributed by atoms with Crippen molar-refractivity contribution in [2.75, 3.05) is 26.1 Å². The van der Waals surface area contributed by atoms with Gasteiger partial charge >= 0.3 is 5.97 Å². The predicted octanol–water partition coefficient (Wildman–Crippen LogP) is 1.08. The molecule has 11 heteroatoms. The van der Waals surface area contributed by atoms with E-state index in [0.29, 0.717) is 29.4 Å². The molecule has 168 valence electrons. The predicted molar refractivity (Wildman–Crippen MR) is 116 cm³/mol. The first-order chi connectivity index (χ1) is 15.6. The van der Waals surface area contributed by atoms with Crippen LogP contribution in [0.2, 0.25) is 0 Å². The highest BCUT2D eigenvalue weighted by atomic mass is 32.2. The summed E-state index contributed by atoms with van der Waals surface area (Å²) in [6, 6.07) is 7.51. The summed E-state index contributed by atoms with van der Waals surface area (Å²) in [6.45, 7) is 3.79. The first kappa shape index (κ1) is 22.0. The molecular weight excluding hydrogens is 434 g/mol. The lowest BCUT2D eigenvalue weighted by molar-refractivity contribution is -0.154. The molecule has 2 aliphatic heterocycles. The van der Waals surface area contributed by atoms with Crippen LogP contribution in [0.3, 0.4) is 0 Å². The second-order valence-electron chi connectivity index (χ2n) is 7.31. The summed E-state index contributed by atoms with van der Waals surface area (Å²) < 4.78 is 11.8. The van der Waals surface area contributed by atoms with Crippen molar-refractivity contribution in [3.8, 4) is 5.75 Å². The monoisotopic (exact) mass is 457 g/mol. The molecule has 0 radical (unpaired) electrons. The summed E-state index contributed by atoms with van der Waals surface area (Å²) in [4.78, 5) is 26.6. The number of carbonyl (C=O) groups is 2. The van der Waals surface area contributed by atoms with Gasteiger partial charge in [0.2, 0.25) is 5.91 Å². The maximum absolute atomic E-state index is 13.0. The van der Waals surface area contributed by atoms with Crippen LogP contribution >= 0.6 is 11.8 Å². The minimum Gasteiger partial charge on any atom is -0.497 e. The summed E-state index contributed by atoms with van der Waals surface area (Å²) >= 11 is 1.51. The lowest BCUT2D eigenvalue weighted by atomic mass is 9.92. The summed E-state index contributed by atoms with van der Waals surface area (Å²) in [5, 5.41) is 21.7. The van der Waals surface area contributed by atoms with E-state index in [2.05, 4.69) is 22.1 Å². The van der Waals surface area contributed by atoms with E-state index >= 15 is 0 Å². The third kappa shape index (κ3) is 4.13. The number of aliphatic hydroxyl groups excluding tert-OH is 1. The smallest absolute Gasteiger partial charge is 0.307 e. The first-order valence-corrected chi connectivity index (χ1v) is 11.1. The van der Waals surface area contributed by atoms with Gasteiger partial charge in [-0.1, -0.05) is 24.8 Å². The average Bonchev–Trinajstić information content (AvgIpc) is 3.28. The second-order valence-corrected chi connectivity index (χ2v) is 8.42. The number of ether oxygens (including phenoxy) is 2. The quantitative estimate of drug-likeness (QED) is 0.335. The molecular formula is C21H23N5O5S. The third-order valence-corrected chi connectivity index (χ3v) is 6.73. The average molecular weight is 458 g/mol. The highest BCUT2D eigenvalue weighted by Crippen LogP contribution is 2.47. The van der Waals surface area contributed by atoms with Crippen LogP contribution in [0.25, 0.3) is 5.70 Å². The molecule has 4 rings (SSSR count). The van der Waals surface area contributed by atoms with Gasteiger partial charge in [0.15, 0.2) is 5.82 Å². The molecule has 1 aromatic carbocycles. The number of methoxy groups -OCH3 is 1. The Labute approximate surface area is 188 Å². The van der Waals surface area contributed by atoms with E-state index in [4.69, 9.17) is 9.47 Å². The molecule has 1 N–H and O–H groups in total. The van der Waals surface area contributed by atoms with Crippen LogP contribution in [0.1, 0.15) is 17.8 Å². The Hall–Kier alpha value is -3.18. The van der Waals surface area contributed by atoms with E-state index < -0.39 is 11.9 Å². The summed E-state index contributed by atoms with van der Waals surface area (Å²) in [5.41, 5.74) is 2.12. The highest BCUT2D eigenvalue weighted by Gasteiger charge is 2.53. The topological polar surface area (TPSA) is 120 Å². The van der Waals surface area contributed by atoms with Gasteiger partial charge in [-0.05, 0) is 33.7 Å². The molecule has 0 saturated carbocycles. The highest BCUT2D eigenvalue weighted by molar-refractivity contribution is 8.00. The van der Waals surface area contributed by atoms with Crippen molar-refractivity contribution in [3.05, 3.63) is 53.9 Å². The molecule has 1 aromatic heterocycles. The van der Waals surface area contributed by atoms with Gasteiger partial charge in [-0.3, -0.25) is 14.5 Å². The number of fused-ring (bicyclic) bond motifs is 1. The molecule has 0 unspecified atom stereocenters. The fraction of sp³-hybridized carbons (Fsp3) is 0.381. The van der Waals surface area contributed by atoms with Crippen LogP contribution in [-0.4, -0.2) is 73.5 Å². The normalized spacial score (nSPS) is 19.9. The Balaban J connectivity index is 1.57. The largest absolute Gasteiger partial charge is 0.497 e. The number of rotatable bonds is 9. The van der Waals surface area contributed by atoms with E-state index in [1.807, 2.05) is 24.3 Å². The standard InChI is InChI=1S/C21H23N5O5S/c1-3-8-31-17(28)9-16-20(29)26-18(14(11-27)12-32-21(16)26)19-22-23-24-25(19)10-13-4-6-15(30-2)7-5-13/h3-7,16,21,27H,1,8-12H2,2H3/t16-,21-/m1/s1. The zero-order chi connectivity index (χ0) is 22.7. The van der Waals surface area contributed by atoms with Gasteiger partial charge in [-0.25, -0.2) is 4.68 Å². The number of hydrogen-bond acceptors (Lipinski definition) is 9.